The number of methoxy groups -OCH3 is 1. The zero-order valence-electron chi connectivity index (χ0n) is 11.5. The average Bonchev–Trinajstić information content (AvgIpc) is 2.46. The van der Waals surface area contributed by atoms with E-state index in [1.165, 1.54) is 25.3 Å². The zero-order valence-corrected chi connectivity index (χ0v) is 13.9. The summed E-state index contributed by atoms with van der Waals surface area (Å²) >= 11 is 3.29. The molecule has 2 aromatic carbocycles. The third kappa shape index (κ3) is 3.85. The molecule has 0 heterocycles. The highest BCUT2D eigenvalue weighted by Crippen LogP contribution is 2.26. The molecule has 0 spiro atoms. The first-order chi connectivity index (χ1) is 10.3. The fraction of sp³-hybridized carbons (Fsp3) is 0.0714. The summed E-state index contributed by atoms with van der Waals surface area (Å²) in [5.41, 5.74) is 0.859. The predicted octanol–water partition coefficient (Wildman–Crippen LogP) is 2.36. The maximum atomic E-state index is 12.1. The first kappa shape index (κ1) is 16.5. The smallest absolute Gasteiger partial charge is 0.255 e. The van der Waals surface area contributed by atoms with Crippen LogP contribution in [0.5, 0.6) is 5.75 Å². The van der Waals surface area contributed by atoms with Gasteiger partial charge in [-0.1, -0.05) is 22.0 Å². The van der Waals surface area contributed by atoms with Crippen LogP contribution in [-0.2, 0) is 10.0 Å². The monoisotopic (exact) mass is 384 g/mol. The fourth-order valence-electron chi connectivity index (χ4n) is 1.81. The van der Waals surface area contributed by atoms with E-state index < -0.39 is 10.0 Å². The second kappa shape index (κ2) is 6.47. The third-order valence-corrected chi connectivity index (χ3v) is 4.26. The van der Waals surface area contributed by atoms with E-state index in [2.05, 4.69) is 21.2 Å². The number of anilines is 1. The van der Waals surface area contributed by atoms with Gasteiger partial charge in [0, 0.05) is 21.8 Å². The molecule has 6 nitrogen and oxygen atoms in total. The van der Waals surface area contributed by atoms with Gasteiger partial charge in [0.25, 0.3) is 5.91 Å². The van der Waals surface area contributed by atoms with Crippen LogP contribution in [0, 0.1) is 0 Å². The van der Waals surface area contributed by atoms with E-state index in [-0.39, 0.29) is 16.6 Å². The lowest BCUT2D eigenvalue weighted by Gasteiger charge is -2.10. The lowest BCUT2D eigenvalue weighted by molar-refractivity contribution is 0.102. The molecule has 0 fully saturated rings. The molecule has 1 amide bonds. The van der Waals surface area contributed by atoms with Crippen molar-refractivity contribution in [3.05, 3.63) is 52.5 Å². The van der Waals surface area contributed by atoms with Gasteiger partial charge < -0.3 is 10.1 Å². The molecular formula is C14H13BrN2O4S. The van der Waals surface area contributed by atoms with E-state index in [1.807, 2.05) is 0 Å². The summed E-state index contributed by atoms with van der Waals surface area (Å²) in [6, 6.07) is 11.0. The summed E-state index contributed by atoms with van der Waals surface area (Å²) in [4.78, 5) is 12.0. The molecule has 0 aliphatic carbocycles. The van der Waals surface area contributed by atoms with Gasteiger partial charge in [0.15, 0.2) is 0 Å². The normalized spacial score (nSPS) is 11.0. The summed E-state index contributed by atoms with van der Waals surface area (Å²) in [6.07, 6.45) is 0. The standard InChI is InChI=1S/C14H13BrN2O4S/c1-21-12-8-11(5-6-13(12)22(16,19)20)17-14(18)9-3-2-4-10(15)7-9/h2-8H,1H3,(H,17,18)(H2,16,19,20). The van der Waals surface area contributed by atoms with Crippen LogP contribution in [0.2, 0.25) is 0 Å². The molecule has 3 N–H and O–H groups in total. The fourth-order valence-corrected chi connectivity index (χ4v) is 2.89. The van der Waals surface area contributed by atoms with Gasteiger partial charge in [-0.2, -0.15) is 0 Å². The number of hydrogen-bond donors (Lipinski definition) is 2. The molecule has 116 valence electrons. The molecule has 0 saturated heterocycles. The first-order valence-electron chi connectivity index (χ1n) is 6.09. The molecule has 0 unspecified atom stereocenters. The van der Waals surface area contributed by atoms with Gasteiger partial charge in [0.05, 0.1) is 7.11 Å². The van der Waals surface area contributed by atoms with Crippen molar-refractivity contribution in [2.75, 3.05) is 12.4 Å². The van der Waals surface area contributed by atoms with E-state index in [0.717, 1.165) is 4.47 Å². The molecule has 0 aromatic heterocycles. The quantitative estimate of drug-likeness (QED) is 0.844. The second-order valence-electron chi connectivity index (χ2n) is 4.38. The van der Waals surface area contributed by atoms with Crippen molar-refractivity contribution in [2.45, 2.75) is 4.90 Å². The number of benzene rings is 2. The highest BCUT2D eigenvalue weighted by molar-refractivity contribution is 9.10. The van der Waals surface area contributed by atoms with Crippen LogP contribution in [0.25, 0.3) is 0 Å². The molecule has 2 rings (SSSR count). The Morgan fingerprint density at radius 1 is 1.23 bits per heavy atom. The van der Waals surface area contributed by atoms with Gasteiger partial charge in [-0.15, -0.1) is 0 Å². The SMILES string of the molecule is COc1cc(NC(=O)c2cccc(Br)c2)ccc1S(N)(=O)=O. The molecule has 0 aliphatic heterocycles. The minimum Gasteiger partial charge on any atom is -0.495 e. The van der Waals surface area contributed by atoms with Gasteiger partial charge in [-0.3, -0.25) is 4.79 Å². The van der Waals surface area contributed by atoms with Crippen LogP contribution in [0.3, 0.4) is 0 Å². The minimum atomic E-state index is -3.89. The number of halogens is 1. The van der Waals surface area contributed by atoms with Crippen LogP contribution < -0.4 is 15.2 Å². The van der Waals surface area contributed by atoms with Crippen LogP contribution in [-0.4, -0.2) is 21.4 Å². The first-order valence-corrected chi connectivity index (χ1v) is 8.43. The zero-order chi connectivity index (χ0) is 16.3. The van der Waals surface area contributed by atoms with Crippen LogP contribution in [0.1, 0.15) is 10.4 Å². The van der Waals surface area contributed by atoms with Crippen molar-refractivity contribution in [1.82, 2.24) is 0 Å². The lowest BCUT2D eigenvalue weighted by atomic mass is 10.2. The Labute approximate surface area is 136 Å². The molecular weight excluding hydrogens is 372 g/mol. The van der Waals surface area contributed by atoms with Gasteiger partial charge in [-0.05, 0) is 30.3 Å². The number of nitrogens with one attached hydrogen (secondary N) is 1. The van der Waals surface area contributed by atoms with Crippen molar-refractivity contribution >= 4 is 37.5 Å². The molecule has 0 saturated carbocycles. The molecule has 0 aliphatic rings. The topological polar surface area (TPSA) is 98.5 Å². The van der Waals surface area contributed by atoms with Crippen molar-refractivity contribution in [3.63, 3.8) is 0 Å². The predicted molar refractivity (Wildman–Crippen MR) is 86.5 cm³/mol. The molecule has 8 heteroatoms. The van der Waals surface area contributed by atoms with Gasteiger partial charge in [0.1, 0.15) is 10.6 Å². The summed E-state index contributed by atoms with van der Waals surface area (Å²) in [5, 5.41) is 7.76. The highest BCUT2D eigenvalue weighted by Gasteiger charge is 2.16. The molecule has 0 bridgehead atoms. The number of carbonyl (C=O) groups is 1. The number of primary sulfonamides is 1. The molecule has 2 aromatic rings. The molecule has 22 heavy (non-hydrogen) atoms. The second-order valence-corrected chi connectivity index (χ2v) is 6.82. The number of amides is 1. The number of ether oxygens (including phenoxy) is 1. The van der Waals surface area contributed by atoms with Crippen molar-refractivity contribution in [2.24, 2.45) is 5.14 Å². The molecule has 0 atom stereocenters. The lowest BCUT2D eigenvalue weighted by Crippen LogP contribution is -2.15. The Morgan fingerprint density at radius 3 is 2.55 bits per heavy atom. The minimum absolute atomic E-state index is 0.0644. The summed E-state index contributed by atoms with van der Waals surface area (Å²) in [7, 11) is -2.57. The van der Waals surface area contributed by atoms with E-state index in [9.17, 15) is 13.2 Å². The summed E-state index contributed by atoms with van der Waals surface area (Å²) < 4.78 is 28.6. The Kier molecular flexibility index (Phi) is 4.84. The number of carbonyl (C=O) groups excluding carboxylic acids is 1. The van der Waals surface area contributed by atoms with Crippen LogP contribution in [0.15, 0.2) is 51.8 Å². The number of sulfonamides is 1. The van der Waals surface area contributed by atoms with Crippen molar-refractivity contribution in [1.29, 1.82) is 0 Å². The van der Waals surface area contributed by atoms with Crippen molar-refractivity contribution in [3.8, 4) is 5.75 Å². The summed E-state index contributed by atoms with van der Waals surface area (Å²) in [6.45, 7) is 0. The Hall–Kier alpha value is -1.90. The maximum absolute atomic E-state index is 12.1. The molecule has 0 radical (unpaired) electrons. The van der Waals surface area contributed by atoms with E-state index in [1.54, 1.807) is 24.3 Å². The van der Waals surface area contributed by atoms with Crippen molar-refractivity contribution < 1.29 is 17.9 Å². The van der Waals surface area contributed by atoms with Gasteiger partial charge in [-0.25, -0.2) is 13.6 Å². The maximum Gasteiger partial charge on any atom is 0.255 e. The Balaban J connectivity index is 2.29. The summed E-state index contributed by atoms with van der Waals surface area (Å²) in [5.74, 6) is -0.263. The number of rotatable bonds is 4. The van der Waals surface area contributed by atoms with E-state index in [0.29, 0.717) is 11.3 Å². The average molecular weight is 385 g/mol. The van der Waals surface area contributed by atoms with Crippen LogP contribution in [0.4, 0.5) is 5.69 Å². The van der Waals surface area contributed by atoms with E-state index in [4.69, 9.17) is 9.88 Å². The Morgan fingerprint density at radius 2 is 1.95 bits per heavy atom. The van der Waals surface area contributed by atoms with Gasteiger partial charge in [0.2, 0.25) is 10.0 Å². The van der Waals surface area contributed by atoms with Crippen LogP contribution >= 0.6 is 15.9 Å². The number of nitrogens with two attached hydrogens (primary N) is 1. The Bertz CT molecular complexity index is 821. The van der Waals surface area contributed by atoms with E-state index >= 15 is 0 Å². The third-order valence-electron chi connectivity index (χ3n) is 2.81. The number of hydrogen-bond acceptors (Lipinski definition) is 4. The largest absolute Gasteiger partial charge is 0.495 e. The van der Waals surface area contributed by atoms with Gasteiger partial charge >= 0.3 is 0 Å². The highest BCUT2D eigenvalue weighted by atomic mass is 79.9.